The van der Waals surface area contributed by atoms with Gasteiger partial charge < -0.3 is 33.7 Å². The summed E-state index contributed by atoms with van der Waals surface area (Å²) in [6.45, 7) is -0.162. The summed E-state index contributed by atoms with van der Waals surface area (Å²) in [6, 6.07) is 4.63. The van der Waals surface area contributed by atoms with Crippen molar-refractivity contribution in [1.29, 1.82) is 0 Å². The van der Waals surface area contributed by atoms with E-state index < -0.39 is 22.8 Å². The minimum Gasteiger partial charge on any atom is -0.493 e. The van der Waals surface area contributed by atoms with Crippen molar-refractivity contribution in [2.75, 3.05) is 40.1 Å². The third-order valence-electron chi connectivity index (χ3n) is 5.48. The fourth-order valence-electron chi connectivity index (χ4n) is 3.68. The Morgan fingerprint density at radius 2 is 1.84 bits per heavy atom. The lowest BCUT2D eigenvalue weighted by Gasteiger charge is -2.22. The molecule has 0 spiro atoms. The number of nitrogens with zero attached hydrogens (tertiary/aromatic N) is 1. The van der Waals surface area contributed by atoms with Gasteiger partial charge in [-0.15, -0.1) is 0 Å². The summed E-state index contributed by atoms with van der Waals surface area (Å²) < 4.78 is 32.0. The summed E-state index contributed by atoms with van der Waals surface area (Å²) in [5, 5.41) is 14.0. The average molecular weight is 537 g/mol. The second-order valence-electron chi connectivity index (χ2n) is 7.79. The average Bonchev–Trinajstić information content (AvgIpc) is 2.92. The maximum Gasteiger partial charge on any atom is 0.329 e. The molecule has 1 aliphatic heterocycles. The highest BCUT2D eigenvalue weighted by Crippen LogP contribution is 2.38. The molecule has 2 aromatic rings. The van der Waals surface area contributed by atoms with Gasteiger partial charge in [0.15, 0.2) is 18.3 Å². The van der Waals surface area contributed by atoms with Crippen molar-refractivity contribution in [2.45, 2.75) is 25.7 Å². The second-order valence-corrected chi connectivity index (χ2v) is 8.78. The number of nitro groups is 1. The molecule has 0 aromatic heterocycles. The normalized spacial score (nSPS) is 13.0. The minimum absolute atomic E-state index is 0.0209. The molecule has 0 saturated carbocycles. The molecule has 200 valence electrons. The Kier molecular flexibility index (Phi) is 9.80. The van der Waals surface area contributed by atoms with Gasteiger partial charge in [-0.25, -0.2) is 4.79 Å². The number of nitro benzene ring substituents is 1. The third kappa shape index (κ3) is 6.74. The Morgan fingerprint density at radius 1 is 1.14 bits per heavy atom. The van der Waals surface area contributed by atoms with Crippen molar-refractivity contribution in [3.63, 3.8) is 0 Å². The van der Waals surface area contributed by atoms with Gasteiger partial charge in [-0.2, -0.15) is 11.8 Å². The summed E-state index contributed by atoms with van der Waals surface area (Å²) in [4.78, 5) is 36.9. The molecule has 1 amide bonds. The molecule has 0 aliphatic carbocycles. The van der Waals surface area contributed by atoms with E-state index in [1.807, 2.05) is 6.26 Å². The van der Waals surface area contributed by atoms with E-state index in [1.165, 1.54) is 57.4 Å². The Morgan fingerprint density at radius 3 is 2.43 bits per heavy atom. The van der Waals surface area contributed by atoms with Crippen LogP contribution in [0.25, 0.3) is 0 Å². The molecule has 13 heteroatoms. The lowest BCUT2D eigenvalue weighted by atomic mass is 10.1. The molecule has 0 fully saturated rings. The molecular weight excluding hydrogens is 508 g/mol. The predicted octanol–water partition coefficient (Wildman–Crippen LogP) is 3.08. The zero-order valence-corrected chi connectivity index (χ0v) is 21.7. The fourth-order valence-corrected chi connectivity index (χ4v) is 4.15. The van der Waals surface area contributed by atoms with Gasteiger partial charge in [-0.05, 0) is 30.6 Å². The highest BCUT2D eigenvalue weighted by molar-refractivity contribution is 7.98. The number of nitrogens with one attached hydrogen (secondary N) is 1. The molecule has 1 aliphatic rings. The lowest BCUT2D eigenvalue weighted by molar-refractivity contribution is -0.385. The number of rotatable bonds is 12. The van der Waals surface area contributed by atoms with E-state index in [0.717, 1.165) is 0 Å². The number of carbonyl (C=O) groups excluding carboxylic acids is 2. The first kappa shape index (κ1) is 27.9. The lowest BCUT2D eigenvalue weighted by Crippen LogP contribution is -2.42. The largest absolute Gasteiger partial charge is 0.493 e. The van der Waals surface area contributed by atoms with Crippen LogP contribution in [0.5, 0.6) is 23.0 Å². The van der Waals surface area contributed by atoms with Crippen LogP contribution >= 0.6 is 11.8 Å². The molecule has 37 heavy (non-hydrogen) atoms. The van der Waals surface area contributed by atoms with Crippen LogP contribution in [-0.4, -0.2) is 63.0 Å². The zero-order chi connectivity index (χ0) is 26.9. The molecule has 0 bridgehead atoms. The molecule has 2 aromatic carbocycles. The molecule has 12 nitrogen and oxygen atoms in total. The summed E-state index contributed by atoms with van der Waals surface area (Å²) in [7, 11) is 4.31. The van der Waals surface area contributed by atoms with E-state index in [-0.39, 0.29) is 42.8 Å². The Labute approximate surface area is 217 Å². The molecule has 1 atom stereocenters. The number of ether oxygens (including phenoxy) is 6. The Balaban J connectivity index is 1.79. The standard InChI is InChI=1S/C24H28N2O10S/c1-31-19-9-14(10-20(32-2)22(19)33-3)23(27)25-18(5-6-37-4)24(28)35-12-16-8-17(26(29)30)7-15-11-34-13-36-21(15)16/h7-10,18H,5-6,11-13H2,1-4H3,(H,25,27)/t18-/m0/s1. The van der Waals surface area contributed by atoms with Crippen molar-refractivity contribution in [2.24, 2.45) is 0 Å². The number of fused-ring (bicyclic) bond motifs is 1. The zero-order valence-electron chi connectivity index (χ0n) is 20.9. The summed E-state index contributed by atoms with van der Waals surface area (Å²) >= 11 is 1.50. The van der Waals surface area contributed by atoms with E-state index in [1.54, 1.807) is 0 Å². The van der Waals surface area contributed by atoms with Gasteiger partial charge in [0, 0.05) is 28.8 Å². The summed E-state index contributed by atoms with van der Waals surface area (Å²) in [6.07, 6.45) is 2.17. The highest BCUT2D eigenvalue weighted by Gasteiger charge is 2.26. The highest BCUT2D eigenvalue weighted by atomic mass is 32.2. The summed E-state index contributed by atoms with van der Waals surface area (Å²) in [5.41, 5.74) is 0.840. The number of amides is 1. The number of non-ortho nitro benzene ring substituents is 1. The molecule has 1 heterocycles. The molecule has 3 rings (SSSR count). The number of hydrogen-bond acceptors (Lipinski definition) is 11. The SMILES string of the molecule is COc1cc(C(=O)N[C@@H](CCSC)C(=O)OCc2cc([N+](=O)[O-])cc3c2OCOC3)cc(OC)c1OC. The number of hydrogen-bond donors (Lipinski definition) is 1. The third-order valence-corrected chi connectivity index (χ3v) is 6.12. The second kappa shape index (κ2) is 13.0. The van der Waals surface area contributed by atoms with Gasteiger partial charge >= 0.3 is 5.97 Å². The van der Waals surface area contributed by atoms with E-state index in [2.05, 4.69) is 5.32 Å². The number of thioether (sulfide) groups is 1. The van der Waals surface area contributed by atoms with E-state index >= 15 is 0 Å². The Hall–Kier alpha value is -3.71. The van der Waals surface area contributed by atoms with Crippen molar-refractivity contribution in [3.8, 4) is 23.0 Å². The molecule has 0 unspecified atom stereocenters. The van der Waals surface area contributed by atoms with Gasteiger partial charge in [0.1, 0.15) is 18.4 Å². The van der Waals surface area contributed by atoms with Crippen LogP contribution in [0, 0.1) is 10.1 Å². The number of carbonyl (C=O) groups is 2. The van der Waals surface area contributed by atoms with Crippen LogP contribution in [0.2, 0.25) is 0 Å². The van der Waals surface area contributed by atoms with Crippen LogP contribution in [0.4, 0.5) is 5.69 Å². The smallest absolute Gasteiger partial charge is 0.329 e. The molecule has 0 radical (unpaired) electrons. The maximum atomic E-state index is 13.1. The topological polar surface area (TPSA) is 145 Å². The maximum absolute atomic E-state index is 13.1. The van der Waals surface area contributed by atoms with Crippen LogP contribution < -0.4 is 24.3 Å². The first-order chi connectivity index (χ1) is 17.8. The van der Waals surface area contributed by atoms with Gasteiger partial charge in [0.2, 0.25) is 5.75 Å². The monoisotopic (exact) mass is 536 g/mol. The summed E-state index contributed by atoms with van der Waals surface area (Å²) in [5.74, 6) is 0.615. The van der Waals surface area contributed by atoms with Crippen molar-refractivity contribution < 1.29 is 42.9 Å². The van der Waals surface area contributed by atoms with Crippen LogP contribution in [0.15, 0.2) is 24.3 Å². The predicted molar refractivity (Wildman–Crippen MR) is 134 cm³/mol. The van der Waals surface area contributed by atoms with Crippen molar-refractivity contribution >= 4 is 29.3 Å². The van der Waals surface area contributed by atoms with Gasteiger partial charge in [-0.1, -0.05) is 0 Å². The number of esters is 1. The van der Waals surface area contributed by atoms with E-state index in [4.69, 9.17) is 28.4 Å². The van der Waals surface area contributed by atoms with Crippen molar-refractivity contribution in [1.82, 2.24) is 5.32 Å². The van der Waals surface area contributed by atoms with Crippen LogP contribution in [0.3, 0.4) is 0 Å². The molecule has 1 N–H and O–H groups in total. The fraction of sp³-hybridized carbons (Fsp3) is 0.417. The number of benzene rings is 2. The van der Waals surface area contributed by atoms with Crippen LogP contribution in [-0.2, 0) is 27.5 Å². The van der Waals surface area contributed by atoms with Crippen molar-refractivity contribution in [3.05, 3.63) is 51.1 Å². The van der Waals surface area contributed by atoms with Gasteiger partial charge in [-0.3, -0.25) is 14.9 Å². The van der Waals surface area contributed by atoms with E-state index in [9.17, 15) is 19.7 Å². The van der Waals surface area contributed by atoms with Gasteiger partial charge in [0.05, 0.1) is 32.9 Å². The first-order valence-corrected chi connectivity index (χ1v) is 12.5. The number of methoxy groups -OCH3 is 3. The van der Waals surface area contributed by atoms with Gasteiger partial charge in [0.25, 0.3) is 11.6 Å². The van der Waals surface area contributed by atoms with E-state index in [0.29, 0.717) is 34.8 Å². The van der Waals surface area contributed by atoms with Crippen LogP contribution in [0.1, 0.15) is 27.9 Å². The molecule has 0 saturated heterocycles. The quantitative estimate of drug-likeness (QED) is 0.243. The first-order valence-electron chi connectivity index (χ1n) is 11.1. The minimum atomic E-state index is -0.974. The Bertz CT molecular complexity index is 1130. The molecular formula is C24H28N2O10S.